The summed E-state index contributed by atoms with van der Waals surface area (Å²) in [6, 6.07) is 9.94. The van der Waals surface area contributed by atoms with E-state index < -0.39 is 5.83 Å². The van der Waals surface area contributed by atoms with Gasteiger partial charge in [0.05, 0.1) is 21.6 Å². The quantitative estimate of drug-likeness (QED) is 0.311. The monoisotopic (exact) mass is 484 g/mol. The van der Waals surface area contributed by atoms with Crippen molar-refractivity contribution in [2.45, 2.75) is 20.4 Å². The lowest BCUT2D eigenvalue weighted by Crippen LogP contribution is -2.26. The van der Waals surface area contributed by atoms with Crippen LogP contribution in [0, 0.1) is 0 Å². The zero-order chi connectivity index (χ0) is 24.4. The smallest absolute Gasteiger partial charge is 0.159 e. The molecule has 0 aliphatic heterocycles. The lowest BCUT2D eigenvalue weighted by atomic mass is 10.0. The molecule has 0 aliphatic carbocycles. The molecule has 3 N–H and O–H groups in total. The summed E-state index contributed by atoms with van der Waals surface area (Å²) in [5.74, 6) is 0.0202. The standard InChI is InChI=1S/C27H25FN6S/c1-4-21-23(24(28)16(3)19-11-17(12-29-5-2)13-30-14-19)26(34-33-21)27-31-22-8-6-7-20(25(22)32-27)18-9-10-35-15-18/h4,6-11,13-15,29,33H,3,5,12H2,1-2H3,(H,31,32)/b21-4+,24-23-. The van der Waals surface area contributed by atoms with Gasteiger partial charge in [-0.25, -0.2) is 9.37 Å². The predicted octanol–water partition coefficient (Wildman–Crippen LogP) is 4.78. The highest BCUT2D eigenvalue weighted by Gasteiger charge is 2.18. The number of aromatic nitrogens is 5. The van der Waals surface area contributed by atoms with Crippen molar-refractivity contribution in [1.82, 2.24) is 30.5 Å². The van der Waals surface area contributed by atoms with Crippen LogP contribution in [0.15, 0.2) is 60.1 Å². The number of pyridine rings is 1. The van der Waals surface area contributed by atoms with E-state index in [2.05, 4.69) is 43.5 Å². The molecule has 0 fully saturated rings. The van der Waals surface area contributed by atoms with Crippen LogP contribution in [0.2, 0.25) is 0 Å². The minimum absolute atomic E-state index is 0.247. The van der Waals surface area contributed by atoms with Crippen molar-refractivity contribution in [2.24, 2.45) is 0 Å². The maximum Gasteiger partial charge on any atom is 0.159 e. The molecular weight excluding hydrogens is 459 g/mol. The topological polar surface area (TPSA) is 82.3 Å². The number of rotatable bonds is 7. The fourth-order valence-electron chi connectivity index (χ4n) is 4.05. The van der Waals surface area contributed by atoms with E-state index >= 15 is 4.39 Å². The Bertz CT molecular complexity index is 1630. The highest BCUT2D eigenvalue weighted by molar-refractivity contribution is 7.08. The second-order valence-corrected chi connectivity index (χ2v) is 8.88. The van der Waals surface area contributed by atoms with Crippen LogP contribution >= 0.6 is 11.3 Å². The van der Waals surface area contributed by atoms with Crippen LogP contribution in [0.4, 0.5) is 4.39 Å². The summed E-state index contributed by atoms with van der Waals surface area (Å²) >= 11 is 1.63. The van der Waals surface area contributed by atoms with E-state index in [0.29, 0.717) is 34.2 Å². The van der Waals surface area contributed by atoms with Crippen molar-refractivity contribution < 1.29 is 4.39 Å². The van der Waals surface area contributed by atoms with E-state index in [-0.39, 0.29) is 5.57 Å². The van der Waals surface area contributed by atoms with Gasteiger partial charge in [-0.05, 0) is 53.6 Å². The van der Waals surface area contributed by atoms with Gasteiger partial charge in [-0.1, -0.05) is 31.7 Å². The zero-order valence-electron chi connectivity index (χ0n) is 19.5. The van der Waals surface area contributed by atoms with Crippen molar-refractivity contribution in [3.05, 3.63) is 81.8 Å². The van der Waals surface area contributed by atoms with Gasteiger partial charge in [-0.2, -0.15) is 16.4 Å². The summed E-state index contributed by atoms with van der Waals surface area (Å²) in [6.45, 7) is 9.41. The number of hydrogen-bond donors (Lipinski definition) is 3. The van der Waals surface area contributed by atoms with Crippen molar-refractivity contribution in [2.75, 3.05) is 6.54 Å². The fraction of sp³-hybridized carbons (Fsp3) is 0.148. The Morgan fingerprint density at radius 3 is 2.91 bits per heavy atom. The Balaban J connectivity index is 1.64. The third-order valence-electron chi connectivity index (χ3n) is 5.86. The molecule has 0 spiro atoms. The predicted molar refractivity (Wildman–Crippen MR) is 142 cm³/mol. The first kappa shape index (κ1) is 22.9. The average Bonchev–Trinajstić information content (AvgIpc) is 3.65. The molecule has 0 amide bonds. The van der Waals surface area contributed by atoms with Crippen LogP contribution < -0.4 is 15.9 Å². The second kappa shape index (κ2) is 9.77. The van der Waals surface area contributed by atoms with Gasteiger partial charge in [-0.15, -0.1) is 0 Å². The summed E-state index contributed by atoms with van der Waals surface area (Å²) in [6.07, 6.45) is 5.18. The molecule has 0 bridgehead atoms. The summed E-state index contributed by atoms with van der Waals surface area (Å²) in [7, 11) is 0. The molecule has 0 radical (unpaired) electrons. The largest absolute Gasteiger partial charge is 0.337 e. The molecule has 8 heteroatoms. The fourth-order valence-corrected chi connectivity index (χ4v) is 4.71. The lowest BCUT2D eigenvalue weighted by molar-refractivity contribution is 0.724. The van der Waals surface area contributed by atoms with Crippen molar-refractivity contribution in [1.29, 1.82) is 0 Å². The van der Waals surface area contributed by atoms with Crippen LogP contribution in [0.25, 0.3) is 51.2 Å². The third kappa shape index (κ3) is 4.34. The number of para-hydroxylation sites is 1. The van der Waals surface area contributed by atoms with Gasteiger partial charge in [0.15, 0.2) is 5.82 Å². The van der Waals surface area contributed by atoms with Crippen LogP contribution in [0.3, 0.4) is 0 Å². The molecule has 5 aromatic rings. The molecule has 0 atom stereocenters. The number of halogens is 1. The summed E-state index contributed by atoms with van der Waals surface area (Å²) in [5, 5.41) is 15.6. The molecule has 5 rings (SSSR count). The van der Waals surface area contributed by atoms with E-state index in [1.807, 2.05) is 43.5 Å². The van der Waals surface area contributed by atoms with Gasteiger partial charge in [0.25, 0.3) is 0 Å². The van der Waals surface area contributed by atoms with Crippen molar-refractivity contribution in [3.8, 4) is 22.6 Å². The number of H-pyrrole nitrogens is 2. The normalized spacial score (nSPS) is 12.9. The Kier molecular flexibility index (Phi) is 6.39. The van der Waals surface area contributed by atoms with Gasteiger partial charge in [0, 0.05) is 35.6 Å². The molecule has 4 heterocycles. The van der Waals surface area contributed by atoms with Crippen molar-refractivity contribution >= 4 is 39.8 Å². The third-order valence-corrected chi connectivity index (χ3v) is 6.54. The molecule has 0 saturated heterocycles. The maximum atomic E-state index is 16.0. The first-order valence-corrected chi connectivity index (χ1v) is 12.3. The van der Waals surface area contributed by atoms with Gasteiger partial charge in [0.1, 0.15) is 11.5 Å². The molecule has 0 aliphatic rings. The molecule has 0 saturated carbocycles. The highest BCUT2D eigenvalue weighted by Crippen LogP contribution is 2.30. The Hall–Kier alpha value is -3.88. The number of fused-ring (bicyclic) bond motifs is 1. The number of aromatic amines is 2. The summed E-state index contributed by atoms with van der Waals surface area (Å²) in [5.41, 5.74) is 6.03. The van der Waals surface area contributed by atoms with E-state index in [9.17, 15) is 0 Å². The van der Waals surface area contributed by atoms with Crippen LogP contribution in [0.1, 0.15) is 25.0 Å². The van der Waals surface area contributed by atoms with E-state index in [0.717, 1.165) is 34.3 Å². The average molecular weight is 485 g/mol. The number of nitrogens with zero attached hydrogens (tertiary/aromatic N) is 3. The number of hydrogen-bond acceptors (Lipinski definition) is 5. The van der Waals surface area contributed by atoms with Gasteiger partial charge in [-0.3, -0.25) is 10.1 Å². The molecule has 35 heavy (non-hydrogen) atoms. The SMILES string of the molecule is C=C(/C(F)=c1/c(-c2nc3c(-c4ccsc4)cccc3[nH]2)n[nH]/c1=C/C)c1cncc(CNCC)c1. The second-order valence-electron chi connectivity index (χ2n) is 8.10. The Labute approximate surface area is 206 Å². The number of nitrogens with one attached hydrogen (secondary N) is 3. The molecule has 1 aromatic carbocycles. The zero-order valence-corrected chi connectivity index (χ0v) is 20.3. The van der Waals surface area contributed by atoms with E-state index in [1.165, 1.54) is 0 Å². The molecule has 4 aromatic heterocycles. The van der Waals surface area contributed by atoms with Crippen LogP contribution in [0.5, 0.6) is 0 Å². The van der Waals surface area contributed by atoms with E-state index in [1.54, 1.807) is 29.8 Å². The molecule has 176 valence electrons. The first-order chi connectivity index (χ1) is 17.1. The number of allylic oxidation sites excluding steroid dienone is 1. The van der Waals surface area contributed by atoms with Gasteiger partial charge < -0.3 is 10.3 Å². The molecule has 0 unspecified atom stereocenters. The maximum absolute atomic E-state index is 16.0. The minimum Gasteiger partial charge on any atom is -0.337 e. The van der Waals surface area contributed by atoms with E-state index in [4.69, 9.17) is 4.98 Å². The highest BCUT2D eigenvalue weighted by atomic mass is 32.1. The summed E-state index contributed by atoms with van der Waals surface area (Å²) in [4.78, 5) is 12.4. The minimum atomic E-state index is -0.470. The Morgan fingerprint density at radius 1 is 1.26 bits per heavy atom. The number of benzene rings is 1. The lowest BCUT2D eigenvalue weighted by Gasteiger charge is -2.07. The number of imidazole rings is 1. The molecular formula is C27H25FN6S. The Morgan fingerprint density at radius 2 is 2.14 bits per heavy atom. The number of thiophene rings is 1. The van der Waals surface area contributed by atoms with Crippen LogP contribution in [-0.4, -0.2) is 31.7 Å². The van der Waals surface area contributed by atoms with Gasteiger partial charge in [0.2, 0.25) is 0 Å². The molecule has 6 nitrogen and oxygen atoms in total. The van der Waals surface area contributed by atoms with Gasteiger partial charge >= 0.3 is 0 Å². The van der Waals surface area contributed by atoms with Crippen LogP contribution in [-0.2, 0) is 6.54 Å². The summed E-state index contributed by atoms with van der Waals surface area (Å²) < 4.78 is 16.0. The first-order valence-electron chi connectivity index (χ1n) is 11.4. The van der Waals surface area contributed by atoms with Crippen molar-refractivity contribution in [3.63, 3.8) is 0 Å².